The van der Waals surface area contributed by atoms with Gasteiger partial charge in [0.2, 0.25) is 0 Å². The molecule has 0 saturated heterocycles. The summed E-state index contributed by atoms with van der Waals surface area (Å²) >= 11 is 0. The van der Waals surface area contributed by atoms with Gasteiger partial charge in [0, 0.05) is 18.8 Å². The monoisotopic (exact) mass is 316 g/mol. The highest BCUT2D eigenvalue weighted by Crippen LogP contribution is 2.21. The van der Waals surface area contributed by atoms with Crippen LogP contribution >= 0.6 is 0 Å². The molecule has 3 rings (SSSR count). The summed E-state index contributed by atoms with van der Waals surface area (Å²) in [6, 6.07) is 27.3. The second kappa shape index (κ2) is 7.47. The van der Waals surface area contributed by atoms with Crippen molar-refractivity contribution in [1.29, 1.82) is 0 Å². The van der Waals surface area contributed by atoms with E-state index >= 15 is 0 Å². The van der Waals surface area contributed by atoms with Gasteiger partial charge in [-0.3, -0.25) is 0 Å². The van der Waals surface area contributed by atoms with Crippen LogP contribution in [0.1, 0.15) is 21.5 Å². The fourth-order valence-electron chi connectivity index (χ4n) is 2.65. The Morgan fingerprint density at radius 3 is 1.58 bits per heavy atom. The third-order valence-electron chi connectivity index (χ3n) is 3.90. The van der Waals surface area contributed by atoms with Crippen LogP contribution in [0.15, 0.2) is 84.9 Å². The number of hydrogen-bond acceptors (Lipinski definition) is 3. The highest BCUT2D eigenvalue weighted by molar-refractivity contribution is 5.86. The third-order valence-corrected chi connectivity index (χ3v) is 3.90. The summed E-state index contributed by atoms with van der Waals surface area (Å²) in [6.45, 7) is 1.50. The average Bonchev–Trinajstić information content (AvgIpc) is 2.63. The van der Waals surface area contributed by atoms with Crippen LogP contribution in [0, 0.1) is 0 Å². The highest BCUT2D eigenvalue weighted by atomic mass is 16.4. The summed E-state index contributed by atoms with van der Waals surface area (Å²) in [4.78, 5) is 13.2. The molecule has 0 aliphatic rings. The van der Waals surface area contributed by atoms with E-state index in [0.717, 1.165) is 18.8 Å². The molecule has 0 radical (unpaired) electrons. The number of benzene rings is 3. The predicted octanol–water partition coefficient (Wildman–Crippen LogP) is 3.26. The molecule has 0 bridgehead atoms. The van der Waals surface area contributed by atoms with Gasteiger partial charge in [0.25, 0.3) is 0 Å². The van der Waals surface area contributed by atoms with Crippen molar-refractivity contribution in [3.8, 4) is 0 Å². The van der Waals surface area contributed by atoms with Crippen molar-refractivity contribution in [1.82, 2.24) is 0 Å². The Labute approximate surface area is 141 Å². The second-order valence-corrected chi connectivity index (χ2v) is 5.66. The van der Waals surface area contributed by atoms with Gasteiger partial charge in [-0.1, -0.05) is 72.8 Å². The molecular formula is C21H18NO2-. The van der Waals surface area contributed by atoms with Crippen LogP contribution in [0.5, 0.6) is 0 Å². The SMILES string of the molecule is O=C([O-])c1ccc(N(Cc2ccccc2)Cc2ccccc2)cc1. The number of carboxylic acid groups (broad SMARTS) is 1. The molecule has 0 saturated carbocycles. The first-order valence-electron chi connectivity index (χ1n) is 7.86. The summed E-state index contributed by atoms with van der Waals surface area (Å²) in [7, 11) is 0. The number of aromatic carboxylic acids is 1. The molecule has 0 spiro atoms. The first-order valence-corrected chi connectivity index (χ1v) is 7.86. The number of carbonyl (C=O) groups excluding carboxylic acids is 1. The number of carboxylic acids is 1. The van der Waals surface area contributed by atoms with Gasteiger partial charge in [-0.15, -0.1) is 0 Å². The van der Waals surface area contributed by atoms with Crippen molar-refractivity contribution in [3.05, 3.63) is 102 Å². The van der Waals surface area contributed by atoms with E-state index in [0.29, 0.717) is 0 Å². The summed E-state index contributed by atoms with van der Waals surface area (Å²) in [5.74, 6) is -1.15. The fraction of sp³-hybridized carbons (Fsp3) is 0.0952. The molecule has 3 aromatic carbocycles. The minimum atomic E-state index is -1.15. The Bertz CT molecular complexity index is 742. The van der Waals surface area contributed by atoms with Gasteiger partial charge in [-0.05, 0) is 28.8 Å². The zero-order chi connectivity index (χ0) is 16.8. The molecule has 0 aliphatic carbocycles. The Balaban J connectivity index is 1.87. The Morgan fingerprint density at radius 1 is 0.708 bits per heavy atom. The minimum Gasteiger partial charge on any atom is -0.545 e. The van der Waals surface area contributed by atoms with Gasteiger partial charge in [0.1, 0.15) is 0 Å². The Morgan fingerprint density at radius 2 is 1.17 bits per heavy atom. The Hall–Kier alpha value is -3.07. The molecule has 0 aromatic heterocycles. The van der Waals surface area contributed by atoms with Gasteiger partial charge in [-0.25, -0.2) is 0 Å². The molecule has 0 N–H and O–H groups in total. The molecule has 24 heavy (non-hydrogen) atoms. The molecule has 3 heteroatoms. The first kappa shape index (κ1) is 15.8. The summed E-state index contributed by atoms with van der Waals surface area (Å²) in [5, 5.41) is 10.9. The number of rotatable bonds is 6. The predicted molar refractivity (Wildman–Crippen MR) is 93.5 cm³/mol. The average molecular weight is 316 g/mol. The zero-order valence-corrected chi connectivity index (χ0v) is 13.3. The molecule has 0 amide bonds. The fourth-order valence-corrected chi connectivity index (χ4v) is 2.65. The summed E-state index contributed by atoms with van der Waals surface area (Å²) in [6.07, 6.45) is 0. The van der Waals surface area contributed by atoms with Gasteiger partial charge < -0.3 is 14.8 Å². The van der Waals surface area contributed by atoms with E-state index in [2.05, 4.69) is 29.2 Å². The molecular weight excluding hydrogens is 298 g/mol. The van der Waals surface area contributed by atoms with E-state index in [1.165, 1.54) is 11.1 Å². The van der Waals surface area contributed by atoms with E-state index in [1.807, 2.05) is 48.5 Å². The molecule has 0 fully saturated rings. The largest absolute Gasteiger partial charge is 0.545 e. The van der Waals surface area contributed by atoms with E-state index in [4.69, 9.17) is 0 Å². The smallest absolute Gasteiger partial charge is 0.0715 e. The normalized spacial score (nSPS) is 10.3. The molecule has 0 heterocycles. The van der Waals surface area contributed by atoms with Crippen LogP contribution in [-0.4, -0.2) is 5.97 Å². The van der Waals surface area contributed by atoms with Gasteiger partial charge in [-0.2, -0.15) is 0 Å². The van der Waals surface area contributed by atoms with E-state index < -0.39 is 5.97 Å². The first-order chi connectivity index (χ1) is 11.7. The second-order valence-electron chi connectivity index (χ2n) is 5.66. The standard InChI is InChI=1S/C21H19NO2/c23-21(24)19-11-13-20(14-12-19)22(15-17-7-3-1-4-8-17)16-18-9-5-2-6-10-18/h1-14H,15-16H2,(H,23,24)/p-1. The molecule has 3 nitrogen and oxygen atoms in total. The minimum absolute atomic E-state index is 0.193. The molecule has 0 unspecified atom stereocenters. The van der Waals surface area contributed by atoms with Crippen LogP contribution in [0.3, 0.4) is 0 Å². The maximum absolute atomic E-state index is 10.9. The summed E-state index contributed by atoms with van der Waals surface area (Å²) in [5.41, 5.74) is 3.58. The lowest BCUT2D eigenvalue weighted by atomic mass is 10.1. The number of nitrogens with zero attached hydrogens (tertiary/aromatic N) is 1. The van der Waals surface area contributed by atoms with Crippen LogP contribution < -0.4 is 10.0 Å². The van der Waals surface area contributed by atoms with Gasteiger partial charge >= 0.3 is 0 Å². The maximum atomic E-state index is 10.9. The lowest BCUT2D eigenvalue weighted by Crippen LogP contribution is -2.24. The molecule has 0 aliphatic heterocycles. The van der Waals surface area contributed by atoms with E-state index in [-0.39, 0.29) is 5.56 Å². The van der Waals surface area contributed by atoms with Crippen LogP contribution in [0.4, 0.5) is 5.69 Å². The lowest BCUT2D eigenvalue weighted by Gasteiger charge is -2.25. The topological polar surface area (TPSA) is 43.4 Å². The van der Waals surface area contributed by atoms with E-state index in [1.54, 1.807) is 12.1 Å². The third kappa shape index (κ3) is 4.02. The Kier molecular flexibility index (Phi) is 4.92. The number of anilines is 1. The van der Waals surface area contributed by atoms with Gasteiger partial charge in [0.05, 0.1) is 5.97 Å². The van der Waals surface area contributed by atoms with Crippen molar-refractivity contribution in [2.45, 2.75) is 13.1 Å². The van der Waals surface area contributed by atoms with Crippen molar-refractivity contribution in [2.24, 2.45) is 0 Å². The van der Waals surface area contributed by atoms with Crippen LogP contribution in [0.25, 0.3) is 0 Å². The quantitative estimate of drug-likeness (QED) is 0.701. The zero-order valence-electron chi connectivity index (χ0n) is 13.3. The molecule has 0 atom stereocenters. The van der Waals surface area contributed by atoms with Crippen molar-refractivity contribution in [2.75, 3.05) is 4.90 Å². The lowest BCUT2D eigenvalue weighted by molar-refractivity contribution is -0.255. The maximum Gasteiger partial charge on any atom is 0.0715 e. The number of carbonyl (C=O) groups is 1. The van der Waals surface area contributed by atoms with Gasteiger partial charge in [0.15, 0.2) is 0 Å². The van der Waals surface area contributed by atoms with E-state index in [9.17, 15) is 9.90 Å². The van der Waals surface area contributed by atoms with Crippen molar-refractivity contribution < 1.29 is 9.90 Å². The van der Waals surface area contributed by atoms with Crippen LogP contribution in [0.2, 0.25) is 0 Å². The van der Waals surface area contributed by atoms with Crippen molar-refractivity contribution >= 4 is 11.7 Å². The van der Waals surface area contributed by atoms with Crippen molar-refractivity contribution in [3.63, 3.8) is 0 Å². The molecule has 120 valence electrons. The van der Waals surface area contributed by atoms with Crippen LogP contribution in [-0.2, 0) is 13.1 Å². The summed E-state index contributed by atoms with van der Waals surface area (Å²) < 4.78 is 0. The number of hydrogen-bond donors (Lipinski definition) is 0. The highest BCUT2D eigenvalue weighted by Gasteiger charge is 2.09. The molecule has 3 aromatic rings.